The fraction of sp³-hybridized carbons (Fsp3) is 0.194. The van der Waals surface area contributed by atoms with Crippen LogP contribution in [0.1, 0.15) is 12.5 Å². The van der Waals surface area contributed by atoms with E-state index >= 15 is 0 Å². The summed E-state index contributed by atoms with van der Waals surface area (Å²) in [5, 5.41) is 6.17. The molecule has 3 aromatic carbocycles. The number of nitrogens with one attached hydrogen (secondary N) is 1. The standard InChI is InChI=1S/C31H27N3O5/c1-18(30(35)33-14-12-19-8-11-26(37-2)27(16-19)38-3)39-20-9-10-25-24(17-20)22-13-15-32-28-21-6-4-5-7-23(21)31(36)34(25)29(22)28/h4-11,13,15-18H,12,14H2,1-3H3,(H,33,35)/t18-/m1/s1. The third kappa shape index (κ3) is 4.14. The van der Waals surface area contributed by atoms with Gasteiger partial charge in [-0.2, -0.15) is 0 Å². The number of aromatic nitrogens is 2. The number of carbonyl (C=O) groups is 1. The number of hydrogen-bond acceptors (Lipinski definition) is 6. The maximum absolute atomic E-state index is 13.4. The number of nitrogens with zero attached hydrogens (tertiary/aromatic N) is 2. The van der Waals surface area contributed by atoms with Gasteiger partial charge in [-0.25, -0.2) is 0 Å². The first-order chi connectivity index (χ1) is 19.0. The van der Waals surface area contributed by atoms with Gasteiger partial charge in [-0.15, -0.1) is 0 Å². The van der Waals surface area contributed by atoms with Crippen molar-refractivity contribution in [2.75, 3.05) is 20.8 Å². The highest BCUT2D eigenvalue weighted by molar-refractivity contribution is 6.18. The molecule has 0 saturated carbocycles. The van der Waals surface area contributed by atoms with E-state index in [0.717, 1.165) is 38.3 Å². The van der Waals surface area contributed by atoms with Gasteiger partial charge in [0, 0.05) is 34.3 Å². The number of hydrogen-bond donors (Lipinski definition) is 1. The second-order valence-corrected chi connectivity index (χ2v) is 9.41. The number of benzene rings is 3. The maximum atomic E-state index is 13.4. The molecule has 0 aliphatic rings. The zero-order valence-corrected chi connectivity index (χ0v) is 21.9. The normalized spacial score (nSPS) is 12.3. The fourth-order valence-electron chi connectivity index (χ4n) is 5.19. The molecule has 6 rings (SSSR count). The van der Waals surface area contributed by atoms with Crippen molar-refractivity contribution in [1.82, 2.24) is 14.7 Å². The van der Waals surface area contributed by atoms with Crippen LogP contribution in [-0.2, 0) is 11.2 Å². The van der Waals surface area contributed by atoms with Crippen LogP contribution in [0.5, 0.6) is 17.2 Å². The van der Waals surface area contributed by atoms with Gasteiger partial charge in [0.25, 0.3) is 11.5 Å². The van der Waals surface area contributed by atoms with Crippen molar-refractivity contribution in [3.05, 3.63) is 88.8 Å². The zero-order valence-electron chi connectivity index (χ0n) is 21.9. The van der Waals surface area contributed by atoms with Gasteiger partial charge in [-0.3, -0.25) is 19.0 Å². The third-order valence-electron chi connectivity index (χ3n) is 7.11. The van der Waals surface area contributed by atoms with Crippen molar-refractivity contribution in [3.8, 4) is 17.2 Å². The molecule has 39 heavy (non-hydrogen) atoms. The van der Waals surface area contributed by atoms with Crippen molar-refractivity contribution >= 4 is 44.0 Å². The molecule has 1 amide bonds. The Morgan fingerprint density at radius 2 is 1.72 bits per heavy atom. The summed E-state index contributed by atoms with van der Waals surface area (Å²) in [7, 11) is 3.19. The Balaban J connectivity index is 1.23. The summed E-state index contributed by atoms with van der Waals surface area (Å²) < 4.78 is 18.4. The average Bonchev–Trinajstić information content (AvgIpc) is 3.30. The lowest BCUT2D eigenvalue weighted by atomic mass is 10.1. The van der Waals surface area contributed by atoms with Crippen LogP contribution < -0.4 is 25.1 Å². The van der Waals surface area contributed by atoms with E-state index in [-0.39, 0.29) is 11.5 Å². The topological polar surface area (TPSA) is 91.2 Å². The molecular weight excluding hydrogens is 494 g/mol. The first kappa shape index (κ1) is 24.5. The third-order valence-corrected chi connectivity index (χ3v) is 7.11. The molecule has 8 heteroatoms. The van der Waals surface area contributed by atoms with E-state index in [4.69, 9.17) is 14.2 Å². The minimum Gasteiger partial charge on any atom is -0.493 e. The van der Waals surface area contributed by atoms with Gasteiger partial charge in [0.2, 0.25) is 0 Å². The Morgan fingerprint density at radius 3 is 2.51 bits per heavy atom. The van der Waals surface area contributed by atoms with E-state index in [2.05, 4.69) is 10.3 Å². The highest BCUT2D eigenvalue weighted by atomic mass is 16.5. The monoisotopic (exact) mass is 521 g/mol. The van der Waals surface area contributed by atoms with Gasteiger partial charge in [-0.05, 0) is 61.4 Å². The van der Waals surface area contributed by atoms with Crippen LogP contribution in [-0.4, -0.2) is 42.2 Å². The minimum atomic E-state index is -0.708. The molecule has 8 nitrogen and oxygen atoms in total. The highest BCUT2D eigenvalue weighted by Gasteiger charge is 2.19. The van der Waals surface area contributed by atoms with Crippen LogP contribution in [0.15, 0.2) is 77.7 Å². The number of pyridine rings is 2. The summed E-state index contributed by atoms with van der Waals surface area (Å²) in [4.78, 5) is 30.8. The zero-order chi connectivity index (χ0) is 27.1. The van der Waals surface area contributed by atoms with Crippen molar-refractivity contribution in [2.45, 2.75) is 19.4 Å². The lowest BCUT2D eigenvalue weighted by Crippen LogP contribution is -2.37. The van der Waals surface area contributed by atoms with Crippen LogP contribution in [0.3, 0.4) is 0 Å². The van der Waals surface area contributed by atoms with E-state index in [1.165, 1.54) is 0 Å². The van der Waals surface area contributed by atoms with Gasteiger partial charge < -0.3 is 19.5 Å². The summed E-state index contributed by atoms with van der Waals surface area (Å²) in [6.07, 6.45) is 1.69. The second-order valence-electron chi connectivity index (χ2n) is 9.41. The predicted octanol–water partition coefficient (Wildman–Crippen LogP) is 4.74. The van der Waals surface area contributed by atoms with Crippen molar-refractivity contribution < 1.29 is 19.0 Å². The summed E-state index contributed by atoms with van der Waals surface area (Å²) in [5.74, 6) is 1.65. The van der Waals surface area contributed by atoms with E-state index in [9.17, 15) is 9.59 Å². The summed E-state index contributed by atoms with van der Waals surface area (Å²) in [5.41, 5.74) is 3.28. The molecule has 6 aromatic rings. The number of rotatable bonds is 8. The molecule has 0 radical (unpaired) electrons. The molecule has 0 spiro atoms. The summed E-state index contributed by atoms with van der Waals surface area (Å²) >= 11 is 0. The average molecular weight is 522 g/mol. The maximum Gasteiger partial charge on any atom is 0.263 e. The van der Waals surface area contributed by atoms with Crippen LogP contribution in [0.25, 0.3) is 38.1 Å². The molecule has 1 atom stereocenters. The quantitative estimate of drug-likeness (QED) is 0.291. The lowest BCUT2D eigenvalue weighted by Gasteiger charge is -2.15. The molecular formula is C31H27N3O5. The van der Waals surface area contributed by atoms with Gasteiger partial charge >= 0.3 is 0 Å². The van der Waals surface area contributed by atoms with Crippen LogP contribution >= 0.6 is 0 Å². The molecule has 3 heterocycles. The molecule has 1 N–H and O–H groups in total. The molecule has 0 saturated heterocycles. The van der Waals surface area contributed by atoms with Crippen molar-refractivity contribution in [3.63, 3.8) is 0 Å². The first-order valence-corrected chi connectivity index (χ1v) is 12.7. The summed E-state index contributed by atoms with van der Waals surface area (Å²) in [6.45, 7) is 2.17. The molecule has 0 aliphatic carbocycles. The SMILES string of the molecule is COc1ccc(CCNC(=O)[C@@H](C)Oc2ccc3c(c2)c2ccnc4c5ccccc5c(=O)n3c24)cc1OC. The van der Waals surface area contributed by atoms with Gasteiger partial charge in [0.1, 0.15) is 5.75 Å². The largest absolute Gasteiger partial charge is 0.493 e. The van der Waals surface area contributed by atoms with Crippen LogP contribution in [0.2, 0.25) is 0 Å². The fourth-order valence-corrected chi connectivity index (χ4v) is 5.19. The summed E-state index contributed by atoms with van der Waals surface area (Å²) in [6, 6.07) is 20.7. The smallest absolute Gasteiger partial charge is 0.263 e. The Hall–Kier alpha value is -4.85. The lowest BCUT2D eigenvalue weighted by molar-refractivity contribution is -0.127. The van der Waals surface area contributed by atoms with Gasteiger partial charge in [0.05, 0.1) is 30.8 Å². The number of methoxy groups -OCH3 is 2. The molecule has 0 fully saturated rings. The first-order valence-electron chi connectivity index (χ1n) is 12.7. The van der Waals surface area contributed by atoms with Gasteiger partial charge in [-0.1, -0.05) is 24.3 Å². The minimum absolute atomic E-state index is 0.0815. The van der Waals surface area contributed by atoms with Crippen LogP contribution in [0, 0.1) is 0 Å². The number of fused-ring (bicyclic) bond motifs is 5. The predicted molar refractivity (Wildman–Crippen MR) is 152 cm³/mol. The van der Waals surface area contributed by atoms with Gasteiger partial charge in [0.15, 0.2) is 17.6 Å². The van der Waals surface area contributed by atoms with E-state index in [1.807, 2.05) is 60.7 Å². The van der Waals surface area contributed by atoms with Crippen molar-refractivity contribution in [2.24, 2.45) is 0 Å². The Labute approximate surface area is 224 Å². The number of ether oxygens (including phenoxy) is 3. The van der Waals surface area contributed by atoms with Crippen molar-refractivity contribution in [1.29, 1.82) is 0 Å². The van der Waals surface area contributed by atoms with E-state index < -0.39 is 6.10 Å². The second kappa shape index (κ2) is 9.79. The molecule has 0 aliphatic heterocycles. The Bertz CT molecular complexity index is 1910. The number of amides is 1. The highest BCUT2D eigenvalue weighted by Crippen LogP contribution is 2.34. The molecule has 0 bridgehead atoms. The number of carbonyl (C=O) groups excluding carboxylic acids is 1. The Kier molecular flexibility index (Phi) is 6.15. The molecule has 0 unspecified atom stereocenters. The van der Waals surface area contributed by atoms with E-state index in [1.54, 1.807) is 37.8 Å². The molecule has 3 aromatic heterocycles. The Morgan fingerprint density at radius 1 is 0.923 bits per heavy atom. The van der Waals surface area contributed by atoms with Crippen LogP contribution in [0.4, 0.5) is 0 Å². The molecule has 196 valence electrons. The van der Waals surface area contributed by atoms with E-state index in [0.29, 0.717) is 35.6 Å².